The first-order chi connectivity index (χ1) is 11.1. The fraction of sp³-hybridized carbons (Fsp3) is 0.762. The van der Waals surface area contributed by atoms with E-state index < -0.39 is 6.09 Å². The fourth-order valence-corrected chi connectivity index (χ4v) is 6.17. The van der Waals surface area contributed by atoms with Gasteiger partial charge in [-0.15, -0.1) is 6.58 Å². The van der Waals surface area contributed by atoms with Crippen molar-refractivity contribution in [3.63, 3.8) is 0 Å². The Morgan fingerprint density at radius 2 is 2.00 bits per heavy atom. The minimum Gasteiger partial charge on any atom is -0.446 e. The van der Waals surface area contributed by atoms with Crippen LogP contribution in [0.4, 0.5) is 4.79 Å². The largest absolute Gasteiger partial charge is 0.446 e. The third-order valence-electron chi connectivity index (χ3n) is 7.58. The van der Waals surface area contributed by atoms with Crippen LogP contribution in [-0.4, -0.2) is 12.2 Å². The first-order valence-electron chi connectivity index (χ1n) is 9.42. The molecule has 5 atom stereocenters. The van der Waals surface area contributed by atoms with E-state index in [2.05, 4.69) is 46.4 Å². The minimum absolute atomic E-state index is 0.0347. The number of hydrogen-bond donors (Lipinski definition) is 1. The molecule has 3 heteroatoms. The molecule has 1 amide bonds. The molecule has 0 aromatic heterocycles. The van der Waals surface area contributed by atoms with Gasteiger partial charge in [-0.3, -0.25) is 0 Å². The first-order valence-corrected chi connectivity index (χ1v) is 9.42. The zero-order valence-corrected chi connectivity index (χ0v) is 15.7. The molecule has 2 saturated carbocycles. The summed E-state index contributed by atoms with van der Waals surface area (Å²) in [5, 5.41) is 0. The van der Waals surface area contributed by atoms with E-state index in [1.807, 2.05) is 0 Å². The maximum absolute atomic E-state index is 11.3. The Labute approximate surface area is 146 Å². The number of carbonyl (C=O) groups excluding carboxylic acids is 1. The van der Waals surface area contributed by atoms with Gasteiger partial charge in [-0.1, -0.05) is 45.4 Å². The lowest BCUT2D eigenvalue weighted by atomic mass is 9.46. The van der Waals surface area contributed by atoms with E-state index in [1.54, 1.807) is 5.57 Å². The van der Waals surface area contributed by atoms with Gasteiger partial charge in [-0.05, 0) is 61.2 Å². The molecule has 0 aliphatic heterocycles. The topological polar surface area (TPSA) is 52.3 Å². The van der Waals surface area contributed by atoms with Crippen molar-refractivity contribution in [2.45, 2.75) is 72.3 Å². The highest BCUT2D eigenvalue weighted by Crippen LogP contribution is 2.64. The normalized spacial score (nSPS) is 43.8. The van der Waals surface area contributed by atoms with E-state index >= 15 is 0 Å². The Balaban J connectivity index is 1.92. The Bertz CT molecular complexity index is 578. The molecular formula is C21H33NO2. The molecule has 0 radical (unpaired) electrons. The predicted octanol–water partition coefficient (Wildman–Crippen LogP) is 5.22. The fourth-order valence-electron chi connectivity index (χ4n) is 6.17. The van der Waals surface area contributed by atoms with Gasteiger partial charge in [0.15, 0.2) is 0 Å². The van der Waals surface area contributed by atoms with Gasteiger partial charge in [0.25, 0.3) is 0 Å². The van der Waals surface area contributed by atoms with Crippen molar-refractivity contribution in [1.82, 2.24) is 0 Å². The lowest BCUT2D eigenvalue weighted by Crippen LogP contribution is -2.55. The summed E-state index contributed by atoms with van der Waals surface area (Å²) in [7, 11) is 0. The summed E-state index contributed by atoms with van der Waals surface area (Å²) >= 11 is 0. The van der Waals surface area contributed by atoms with E-state index in [0.29, 0.717) is 11.8 Å². The van der Waals surface area contributed by atoms with E-state index in [1.165, 1.54) is 19.3 Å². The van der Waals surface area contributed by atoms with Crippen LogP contribution >= 0.6 is 0 Å². The molecule has 0 heterocycles. The molecule has 0 aromatic carbocycles. The van der Waals surface area contributed by atoms with Crippen molar-refractivity contribution in [1.29, 1.82) is 0 Å². The zero-order chi connectivity index (χ0) is 17.8. The summed E-state index contributed by atoms with van der Waals surface area (Å²) in [6, 6.07) is 0. The molecule has 0 spiro atoms. The highest BCUT2D eigenvalue weighted by Gasteiger charge is 2.57. The zero-order valence-electron chi connectivity index (χ0n) is 15.7. The second kappa shape index (κ2) is 5.64. The van der Waals surface area contributed by atoms with Crippen LogP contribution in [0.2, 0.25) is 0 Å². The van der Waals surface area contributed by atoms with Crippen LogP contribution in [0.1, 0.15) is 66.2 Å². The van der Waals surface area contributed by atoms with Gasteiger partial charge in [0, 0.05) is 5.41 Å². The third-order valence-corrected chi connectivity index (χ3v) is 7.58. The molecule has 3 aliphatic rings. The van der Waals surface area contributed by atoms with Crippen molar-refractivity contribution in [3.05, 3.63) is 24.3 Å². The molecule has 3 rings (SSSR count). The number of ether oxygens (including phenoxy) is 1. The van der Waals surface area contributed by atoms with Gasteiger partial charge >= 0.3 is 6.09 Å². The summed E-state index contributed by atoms with van der Waals surface area (Å²) in [5.41, 5.74) is 7.43. The standard InChI is InChI=1S/C21H33NO2/c1-6-20(4)11-9-15-14(13-20)7-8-16-19(2,3)17(24-18(22)23)10-12-21(15,16)5/h6,9,14,16-17H,1,7-8,10-13H2,2-5H3,(H2,22,23)/t14-,16+,17+,20+,21-/m0/s1. The second-order valence-corrected chi connectivity index (χ2v) is 9.46. The number of carbonyl (C=O) groups is 1. The number of primary amides is 1. The van der Waals surface area contributed by atoms with Crippen LogP contribution in [0, 0.1) is 28.1 Å². The van der Waals surface area contributed by atoms with Crippen molar-refractivity contribution < 1.29 is 9.53 Å². The molecule has 134 valence electrons. The number of nitrogens with two attached hydrogens (primary N) is 1. The highest BCUT2D eigenvalue weighted by molar-refractivity contribution is 5.65. The molecule has 2 N–H and O–H groups in total. The average Bonchev–Trinajstić information content (AvgIpc) is 2.49. The summed E-state index contributed by atoms with van der Waals surface area (Å²) < 4.78 is 5.49. The van der Waals surface area contributed by atoms with Gasteiger partial charge in [0.05, 0.1) is 0 Å². The molecule has 24 heavy (non-hydrogen) atoms. The lowest BCUT2D eigenvalue weighted by Gasteiger charge is -2.60. The first kappa shape index (κ1) is 17.6. The van der Waals surface area contributed by atoms with Gasteiger partial charge in [0.1, 0.15) is 6.10 Å². The third kappa shape index (κ3) is 2.60. The maximum Gasteiger partial charge on any atom is 0.404 e. The van der Waals surface area contributed by atoms with Crippen LogP contribution in [0.15, 0.2) is 24.3 Å². The molecule has 0 unspecified atom stereocenters. The Morgan fingerprint density at radius 1 is 1.29 bits per heavy atom. The van der Waals surface area contributed by atoms with E-state index in [0.717, 1.165) is 19.3 Å². The van der Waals surface area contributed by atoms with Gasteiger partial charge in [-0.2, -0.15) is 0 Å². The molecule has 0 aromatic rings. The SMILES string of the molecule is C=C[C@]1(C)CC=C2[C@@H](CC[C@@H]3C(C)(C)[C@H](OC(N)=O)CC[C@@]23C)C1. The quantitative estimate of drug-likeness (QED) is 0.706. The van der Waals surface area contributed by atoms with Gasteiger partial charge in [0.2, 0.25) is 0 Å². The monoisotopic (exact) mass is 331 g/mol. The number of amides is 1. The summed E-state index contributed by atoms with van der Waals surface area (Å²) in [4.78, 5) is 11.3. The summed E-state index contributed by atoms with van der Waals surface area (Å²) in [6.45, 7) is 13.4. The highest BCUT2D eigenvalue weighted by atomic mass is 16.6. The van der Waals surface area contributed by atoms with E-state index in [-0.39, 0.29) is 22.3 Å². The van der Waals surface area contributed by atoms with Gasteiger partial charge < -0.3 is 10.5 Å². The predicted molar refractivity (Wildman–Crippen MR) is 97.4 cm³/mol. The minimum atomic E-state index is -0.635. The molecule has 0 saturated heterocycles. The number of fused-ring (bicyclic) bond motifs is 3. The molecule has 0 bridgehead atoms. The maximum atomic E-state index is 11.3. The Hall–Kier alpha value is -1.25. The number of rotatable bonds is 2. The van der Waals surface area contributed by atoms with Crippen molar-refractivity contribution >= 4 is 6.09 Å². The molecule has 3 aliphatic carbocycles. The van der Waals surface area contributed by atoms with Crippen LogP contribution < -0.4 is 5.73 Å². The van der Waals surface area contributed by atoms with E-state index in [4.69, 9.17) is 10.5 Å². The van der Waals surface area contributed by atoms with Crippen LogP contribution in [0.5, 0.6) is 0 Å². The summed E-state index contributed by atoms with van der Waals surface area (Å²) in [5.74, 6) is 1.23. The summed E-state index contributed by atoms with van der Waals surface area (Å²) in [6.07, 6.45) is 10.7. The van der Waals surface area contributed by atoms with Gasteiger partial charge in [-0.25, -0.2) is 4.79 Å². The average molecular weight is 332 g/mol. The van der Waals surface area contributed by atoms with Crippen LogP contribution in [0.3, 0.4) is 0 Å². The number of allylic oxidation sites excluding steroid dienone is 3. The number of hydrogen-bond acceptors (Lipinski definition) is 2. The van der Waals surface area contributed by atoms with Crippen LogP contribution in [0.25, 0.3) is 0 Å². The lowest BCUT2D eigenvalue weighted by molar-refractivity contribution is -0.102. The van der Waals surface area contributed by atoms with E-state index in [9.17, 15) is 4.79 Å². The second-order valence-electron chi connectivity index (χ2n) is 9.46. The van der Waals surface area contributed by atoms with Crippen molar-refractivity contribution in [2.24, 2.45) is 33.8 Å². The Morgan fingerprint density at radius 3 is 2.62 bits per heavy atom. The molecular weight excluding hydrogens is 298 g/mol. The Kier molecular flexibility index (Phi) is 4.13. The molecule has 2 fully saturated rings. The van der Waals surface area contributed by atoms with Crippen molar-refractivity contribution in [3.8, 4) is 0 Å². The van der Waals surface area contributed by atoms with Crippen LogP contribution in [-0.2, 0) is 4.74 Å². The molecule has 3 nitrogen and oxygen atoms in total. The van der Waals surface area contributed by atoms with Crippen molar-refractivity contribution in [2.75, 3.05) is 0 Å². The smallest absolute Gasteiger partial charge is 0.404 e.